The largest absolute Gasteiger partial charge is 0.312 e. The SMILES string of the molecule is CCN(CC)S(=O)(=O)c1ccc(N2C[C@H](C(=O)NC3=NCCS3)CC2=O)cc1. The third-order valence-electron chi connectivity index (χ3n) is 4.80. The highest BCUT2D eigenvalue weighted by atomic mass is 32.2. The Bertz CT molecular complexity index is 879. The van der Waals surface area contributed by atoms with E-state index in [2.05, 4.69) is 10.3 Å². The molecule has 0 unspecified atom stereocenters. The summed E-state index contributed by atoms with van der Waals surface area (Å²) in [6.07, 6.45) is 0.128. The molecule has 152 valence electrons. The zero-order valence-electron chi connectivity index (χ0n) is 15.9. The van der Waals surface area contributed by atoms with Gasteiger partial charge in [0, 0.05) is 37.5 Å². The summed E-state index contributed by atoms with van der Waals surface area (Å²) < 4.78 is 26.5. The van der Waals surface area contributed by atoms with Crippen LogP contribution in [-0.4, -0.2) is 61.6 Å². The van der Waals surface area contributed by atoms with Crippen LogP contribution < -0.4 is 10.2 Å². The number of sulfonamides is 1. The van der Waals surface area contributed by atoms with E-state index in [-0.39, 0.29) is 29.7 Å². The highest BCUT2D eigenvalue weighted by molar-refractivity contribution is 8.14. The number of aliphatic imine (C=N–C) groups is 1. The minimum Gasteiger partial charge on any atom is -0.312 e. The van der Waals surface area contributed by atoms with E-state index < -0.39 is 15.9 Å². The summed E-state index contributed by atoms with van der Waals surface area (Å²) in [4.78, 5) is 30.7. The van der Waals surface area contributed by atoms with Crippen LogP contribution in [0.4, 0.5) is 5.69 Å². The molecule has 8 nitrogen and oxygen atoms in total. The maximum Gasteiger partial charge on any atom is 0.243 e. The van der Waals surface area contributed by atoms with Crippen molar-refractivity contribution >= 4 is 44.5 Å². The van der Waals surface area contributed by atoms with Gasteiger partial charge in [-0.2, -0.15) is 4.31 Å². The van der Waals surface area contributed by atoms with E-state index in [1.54, 1.807) is 26.0 Å². The molecule has 2 heterocycles. The van der Waals surface area contributed by atoms with Crippen molar-refractivity contribution in [2.45, 2.75) is 25.2 Å². The highest BCUT2D eigenvalue weighted by Crippen LogP contribution is 2.27. The molecule has 2 amide bonds. The zero-order valence-corrected chi connectivity index (χ0v) is 17.6. The van der Waals surface area contributed by atoms with Crippen molar-refractivity contribution in [1.29, 1.82) is 0 Å². The van der Waals surface area contributed by atoms with E-state index in [4.69, 9.17) is 0 Å². The lowest BCUT2D eigenvalue weighted by Gasteiger charge is -2.20. The maximum atomic E-state index is 12.6. The molecular weight excluding hydrogens is 400 g/mol. The molecule has 1 aromatic carbocycles. The topological polar surface area (TPSA) is 99.2 Å². The van der Waals surface area contributed by atoms with Gasteiger partial charge >= 0.3 is 0 Å². The number of rotatable bonds is 6. The molecular formula is C18H24N4O4S2. The fourth-order valence-corrected chi connectivity index (χ4v) is 5.45. The van der Waals surface area contributed by atoms with Gasteiger partial charge in [-0.15, -0.1) is 0 Å². The molecule has 1 atom stereocenters. The summed E-state index contributed by atoms with van der Waals surface area (Å²) in [6, 6.07) is 6.25. The molecule has 2 aliphatic heterocycles. The van der Waals surface area contributed by atoms with Crippen LogP contribution in [0.1, 0.15) is 20.3 Å². The van der Waals surface area contributed by atoms with Gasteiger partial charge in [0.1, 0.15) is 0 Å². The lowest BCUT2D eigenvalue weighted by atomic mass is 10.1. The first-order valence-corrected chi connectivity index (χ1v) is 11.7. The predicted molar refractivity (Wildman–Crippen MR) is 110 cm³/mol. The van der Waals surface area contributed by atoms with Crippen LogP contribution >= 0.6 is 11.8 Å². The molecule has 1 fully saturated rings. The molecule has 0 saturated carbocycles. The molecule has 0 aromatic heterocycles. The van der Waals surface area contributed by atoms with Crippen LogP contribution in [-0.2, 0) is 19.6 Å². The van der Waals surface area contributed by atoms with Crippen molar-refractivity contribution in [3.63, 3.8) is 0 Å². The minimum atomic E-state index is -3.54. The molecule has 1 saturated heterocycles. The molecule has 0 spiro atoms. The summed E-state index contributed by atoms with van der Waals surface area (Å²) in [5.41, 5.74) is 0.589. The van der Waals surface area contributed by atoms with Crippen LogP contribution in [0.5, 0.6) is 0 Å². The Hall–Kier alpha value is -1.91. The summed E-state index contributed by atoms with van der Waals surface area (Å²) >= 11 is 1.50. The molecule has 10 heteroatoms. The van der Waals surface area contributed by atoms with E-state index in [0.29, 0.717) is 30.5 Å². The second kappa shape index (κ2) is 8.62. The van der Waals surface area contributed by atoms with Gasteiger partial charge in [-0.1, -0.05) is 25.6 Å². The monoisotopic (exact) mass is 424 g/mol. The zero-order chi connectivity index (χ0) is 20.3. The highest BCUT2D eigenvalue weighted by Gasteiger charge is 2.36. The van der Waals surface area contributed by atoms with Gasteiger partial charge in [-0.25, -0.2) is 8.42 Å². The first-order valence-electron chi connectivity index (χ1n) is 9.25. The molecule has 0 aliphatic carbocycles. The molecule has 1 N–H and O–H groups in total. The number of benzene rings is 1. The number of anilines is 1. The van der Waals surface area contributed by atoms with E-state index >= 15 is 0 Å². The first-order chi connectivity index (χ1) is 13.4. The first kappa shape index (κ1) is 20.8. The lowest BCUT2D eigenvalue weighted by molar-refractivity contribution is -0.125. The molecule has 2 aliphatic rings. The van der Waals surface area contributed by atoms with Crippen molar-refractivity contribution in [1.82, 2.24) is 9.62 Å². The quantitative estimate of drug-likeness (QED) is 0.742. The number of carbonyl (C=O) groups excluding carboxylic acids is 2. The van der Waals surface area contributed by atoms with Crippen LogP contribution in [0.15, 0.2) is 34.2 Å². The Morgan fingerprint density at radius 1 is 1.29 bits per heavy atom. The van der Waals surface area contributed by atoms with Gasteiger partial charge < -0.3 is 10.2 Å². The standard InChI is InChI=1S/C18H24N4O4S2/c1-3-21(4-2)28(25,26)15-7-5-14(6-8-15)22-12-13(11-16(22)23)17(24)20-18-19-9-10-27-18/h5-8,13H,3-4,9-12H2,1-2H3,(H,19,20,24)/t13-/m1/s1. The summed E-state index contributed by atoms with van der Waals surface area (Å²) in [5.74, 6) is 0.0504. The van der Waals surface area contributed by atoms with Crippen molar-refractivity contribution in [3.05, 3.63) is 24.3 Å². The number of carbonyl (C=O) groups is 2. The van der Waals surface area contributed by atoms with E-state index in [0.717, 1.165) is 5.75 Å². The molecule has 3 rings (SSSR count). The van der Waals surface area contributed by atoms with Crippen LogP contribution in [0.2, 0.25) is 0 Å². The van der Waals surface area contributed by atoms with E-state index in [9.17, 15) is 18.0 Å². The average molecular weight is 425 g/mol. The second-order valence-corrected chi connectivity index (χ2v) is 9.53. The fraction of sp³-hybridized carbons (Fsp3) is 0.500. The maximum absolute atomic E-state index is 12.6. The third-order valence-corrected chi connectivity index (χ3v) is 7.76. The molecule has 0 radical (unpaired) electrons. The Balaban J connectivity index is 1.70. The van der Waals surface area contributed by atoms with Crippen molar-refractivity contribution in [2.24, 2.45) is 10.9 Å². The molecule has 0 bridgehead atoms. The van der Waals surface area contributed by atoms with Gasteiger partial charge in [-0.05, 0) is 24.3 Å². The second-order valence-electron chi connectivity index (χ2n) is 6.51. The van der Waals surface area contributed by atoms with Crippen LogP contribution in [0.25, 0.3) is 0 Å². The Morgan fingerprint density at radius 3 is 2.54 bits per heavy atom. The van der Waals surface area contributed by atoms with Gasteiger partial charge in [0.25, 0.3) is 0 Å². The minimum absolute atomic E-state index is 0.128. The average Bonchev–Trinajstić information content (AvgIpc) is 3.32. The number of nitrogens with zero attached hydrogens (tertiary/aromatic N) is 3. The van der Waals surface area contributed by atoms with Gasteiger partial charge in [-0.3, -0.25) is 14.6 Å². The van der Waals surface area contributed by atoms with E-state index in [1.807, 2.05) is 0 Å². The third kappa shape index (κ3) is 4.23. The van der Waals surface area contributed by atoms with Crippen molar-refractivity contribution in [2.75, 3.05) is 36.8 Å². The van der Waals surface area contributed by atoms with Gasteiger partial charge in [0.05, 0.1) is 17.4 Å². The summed E-state index contributed by atoms with van der Waals surface area (Å²) in [5, 5.41) is 3.39. The number of thioether (sulfide) groups is 1. The van der Waals surface area contributed by atoms with Crippen LogP contribution in [0.3, 0.4) is 0 Å². The number of amides is 2. The fourth-order valence-electron chi connectivity index (χ4n) is 3.26. The smallest absolute Gasteiger partial charge is 0.243 e. The number of nitrogens with one attached hydrogen (secondary N) is 1. The molecule has 28 heavy (non-hydrogen) atoms. The van der Waals surface area contributed by atoms with E-state index in [1.165, 1.54) is 33.1 Å². The summed E-state index contributed by atoms with van der Waals surface area (Å²) in [6.45, 7) is 5.33. The van der Waals surface area contributed by atoms with Gasteiger partial charge in [0.15, 0.2) is 5.17 Å². The Kier molecular flexibility index (Phi) is 6.41. The Labute approximate surface area is 169 Å². The summed E-state index contributed by atoms with van der Waals surface area (Å²) in [7, 11) is -3.54. The number of hydrogen-bond acceptors (Lipinski definition) is 6. The predicted octanol–water partition coefficient (Wildman–Crippen LogP) is 1.29. The van der Waals surface area contributed by atoms with Crippen LogP contribution in [0, 0.1) is 5.92 Å². The molecule has 1 aromatic rings. The number of amidine groups is 1. The lowest BCUT2D eigenvalue weighted by Crippen LogP contribution is -2.35. The normalized spacial score (nSPS) is 20.0. The van der Waals surface area contributed by atoms with Crippen molar-refractivity contribution in [3.8, 4) is 0 Å². The Morgan fingerprint density at radius 2 is 1.96 bits per heavy atom. The van der Waals surface area contributed by atoms with Gasteiger partial charge in [0.2, 0.25) is 21.8 Å². The number of hydrogen-bond donors (Lipinski definition) is 1. The van der Waals surface area contributed by atoms with Crippen molar-refractivity contribution < 1.29 is 18.0 Å².